The van der Waals surface area contributed by atoms with Gasteiger partial charge in [-0.1, -0.05) is 34.1 Å². The molecule has 0 saturated carbocycles. The van der Waals surface area contributed by atoms with Gasteiger partial charge in [0.1, 0.15) is 0 Å². The molecule has 3 heteroatoms. The summed E-state index contributed by atoms with van der Waals surface area (Å²) in [6.07, 6.45) is 1.07. The van der Waals surface area contributed by atoms with E-state index in [9.17, 15) is 0 Å². The van der Waals surface area contributed by atoms with E-state index in [0.717, 1.165) is 19.5 Å². The Morgan fingerprint density at radius 2 is 1.94 bits per heavy atom. The maximum atomic E-state index is 3.60. The molecule has 0 aromatic heterocycles. The highest BCUT2D eigenvalue weighted by molar-refractivity contribution is 9.10. The summed E-state index contributed by atoms with van der Waals surface area (Å²) < 4.78 is 1.21. The number of nitrogens with zero attached hydrogens (tertiary/aromatic N) is 1. The van der Waals surface area contributed by atoms with Crippen LogP contribution in [0.25, 0.3) is 0 Å². The number of halogens is 1. The summed E-state index contributed by atoms with van der Waals surface area (Å²) in [6.45, 7) is 6.60. The SMILES string of the molecule is CNCC(C)(C)N(C)CCc1ccccc1Br. The van der Waals surface area contributed by atoms with Crippen molar-refractivity contribution in [1.82, 2.24) is 10.2 Å². The van der Waals surface area contributed by atoms with E-state index in [1.54, 1.807) is 0 Å². The molecule has 0 amide bonds. The van der Waals surface area contributed by atoms with E-state index in [0.29, 0.717) is 0 Å². The highest BCUT2D eigenvalue weighted by Gasteiger charge is 2.22. The fourth-order valence-corrected chi connectivity index (χ4v) is 2.34. The molecule has 0 spiro atoms. The molecule has 1 aromatic carbocycles. The van der Waals surface area contributed by atoms with Crippen LogP contribution in [0.2, 0.25) is 0 Å². The molecule has 0 aliphatic heterocycles. The molecule has 0 bridgehead atoms. The molecule has 0 fully saturated rings. The van der Waals surface area contributed by atoms with E-state index in [1.807, 2.05) is 7.05 Å². The van der Waals surface area contributed by atoms with Crippen LogP contribution in [0.3, 0.4) is 0 Å². The third-order valence-electron chi connectivity index (χ3n) is 3.32. The smallest absolute Gasteiger partial charge is 0.0274 e. The molecule has 0 saturated heterocycles. The Balaban J connectivity index is 2.54. The number of rotatable bonds is 6. The summed E-state index contributed by atoms with van der Waals surface area (Å²) in [5, 5.41) is 3.25. The second kappa shape index (κ2) is 6.53. The van der Waals surface area contributed by atoms with Crippen molar-refractivity contribution in [3.05, 3.63) is 34.3 Å². The second-order valence-electron chi connectivity index (χ2n) is 5.11. The van der Waals surface area contributed by atoms with E-state index in [1.165, 1.54) is 10.0 Å². The molecule has 17 heavy (non-hydrogen) atoms. The first-order valence-corrected chi connectivity index (χ1v) is 6.86. The van der Waals surface area contributed by atoms with Crippen molar-refractivity contribution in [3.8, 4) is 0 Å². The van der Waals surface area contributed by atoms with Gasteiger partial charge in [-0.3, -0.25) is 4.90 Å². The first-order valence-electron chi connectivity index (χ1n) is 6.06. The average molecular weight is 299 g/mol. The molecule has 1 N–H and O–H groups in total. The summed E-state index contributed by atoms with van der Waals surface area (Å²) in [4.78, 5) is 2.41. The maximum Gasteiger partial charge on any atom is 0.0274 e. The first kappa shape index (κ1) is 14.7. The van der Waals surface area contributed by atoms with E-state index >= 15 is 0 Å². The summed E-state index contributed by atoms with van der Waals surface area (Å²) in [5.41, 5.74) is 1.57. The molecule has 0 unspecified atom stereocenters. The largest absolute Gasteiger partial charge is 0.318 e. The lowest BCUT2D eigenvalue weighted by Crippen LogP contribution is -2.48. The van der Waals surface area contributed by atoms with E-state index < -0.39 is 0 Å². The van der Waals surface area contributed by atoms with Crippen LogP contribution >= 0.6 is 15.9 Å². The fraction of sp³-hybridized carbons (Fsp3) is 0.571. The second-order valence-corrected chi connectivity index (χ2v) is 5.96. The van der Waals surface area contributed by atoms with Crippen molar-refractivity contribution in [2.45, 2.75) is 25.8 Å². The van der Waals surface area contributed by atoms with Gasteiger partial charge in [0.25, 0.3) is 0 Å². The Bertz CT molecular complexity index is 350. The summed E-state index contributed by atoms with van der Waals surface area (Å²) in [5.74, 6) is 0. The molecule has 0 atom stereocenters. The van der Waals surface area contributed by atoms with Gasteiger partial charge < -0.3 is 5.32 Å². The summed E-state index contributed by atoms with van der Waals surface area (Å²) >= 11 is 3.60. The van der Waals surface area contributed by atoms with Gasteiger partial charge in [0.2, 0.25) is 0 Å². The van der Waals surface area contributed by atoms with Gasteiger partial charge in [-0.15, -0.1) is 0 Å². The molecule has 0 aliphatic rings. The summed E-state index contributed by atoms with van der Waals surface area (Å²) in [7, 11) is 4.19. The first-order chi connectivity index (χ1) is 7.97. The van der Waals surface area contributed by atoms with Gasteiger partial charge in [0, 0.05) is 23.1 Å². The molecular weight excluding hydrogens is 276 g/mol. The topological polar surface area (TPSA) is 15.3 Å². The summed E-state index contributed by atoms with van der Waals surface area (Å²) in [6, 6.07) is 8.44. The van der Waals surface area contributed by atoms with Crippen LogP contribution in [-0.4, -0.2) is 37.6 Å². The Morgan fingerprint density at radius 1 is 1.29 bits per heavy atom. The lowest BCUT2D eigenvalue weighted by Gasteiger charge is -2.35. The zero-order valence-electron chi connectivity index (χ0n) is 11.3. The number of likely N-dealkylation sites (N-methyl/N-ethyl adjacent to an activating group) is 2. The molecule has 0 heterocycles. The number of nitrogens with one attached hydrogen (secondary N) is 1. The lowest BCUT2D eigenvalue weighted by molar-refractivity contribution is 0.157. The Hall–Kier alpha value is -0.380. The highest BCUT2D eigenvalue weighted by atomic mass is 79.9. The predicted octanol–water partition coefficient (Wildman–Crippen LogP) is 2.92. The minimum Gasteiger partial charge on any atom is -0.318 e. The average Bonchev–Trinajstić information content (AvgIpc) is 2.27. The fourth-order valence-electron chi connectivity index (χ4n) is 1.86. The zero-order chi connectivity index (χ0) is 12.9. The van der Waals surface area contributed by atoms with Crippen molar-refractivity contribution in [1.29, 1.82) is 0 Å². The van der Waals surface area contributed by atoms with E-state index in [4.69, 9.17) is 0 Å². The third kappa shape index (κ3) is 4.41. The van der Waals surface area contributed by atoms with Gasteiger partial charge >= 0.3 is 0 Å². The number of hydrogen-bond donors (Lipinski definition) is 1. The third-order valence-corrected chi connectivity index (χ3v) is 4.09. The molecule has 96 valence electrons. The van der Waals surface area contributed by atoms with Crippen LogP contribution in [0.15, 0.2) is 28.7 Å². The standard InChI is InChI=1S/C14H23BrN2/c1-14(2,11-16-3)17(4)10-9-12-7-5-6-8-13(12)15/h5-8,16H,9-11H2,1-4H3. The molecule has 2 nitrogen and oxygen atoms in total. The number of hydrogen-bond acceptors (Lipinski definition) is 2. The Labute approximate surface area is 114 Å². The van der Waals surface area contributed by atoms with Gasteiger partial charge in [-0.05, 0) is 46.0 Å². The zero-order valence-corrected chi connectivity index (χ0v) is 12.8. The van der Waals surface area contributed by atoms with Gasteiger partial charge in [0.05, 0.1) is 0 Å². The van der Waals surface area contributed by atoms with Crippen molar-refractivity contribution in [3.63, 3.8) is 0 Å². The van der Waals surface area contributed by atoms with Crippen molar-refractivity contribution >= 4 is 15.9 Å². The Morgan fingerprint density at radius 3 is 2.53 bits per heavy atom. The molecule has 1 aromatic rings. The molecule has 0 aliphatic carbocycles. The van der Waals surface area contributed by atoms with Gasteiger partial charge in [0.15, 0.2) is 0 Å². The highest BCUT2D eigenvalue weighted by Crippen LogP contribution is 2.18. The van der Waals surface area contributed by atoms with Crippen LogP contribution in [0, 0.1) is 0 Å². The Kier molecular flexibility index (Phi) is 5.63. The van der Waals surface area contributed by atoms with E-state index in [2.05, 4.69) is 71.3 Å². The van der Waals surface area contributed by atoms with Crippen LogP contribution in [0.1, 0.15) is 19.4 Å². The minimum atomic E-state index is 0.190. The van der Waals surface area contributed by atoms with E-state index in [-0.39, 0.29) is 5.54 Å². The van der Waals surface area contributed by atoms with Crippen LogP contribution in [0.5, 0.6) is 0 Å². The maximum absolute atomic E-state index is 3.60. The number of benzene rings is 1. The molecule has 0 radical (unpaired) electrons. The molecular formula is C14H23BrN2. The minimum absolute atomic E-state index is 0.190. The van der Waals surface area contributed by atoms with Crippen molar-refractivity contribution < 1.29 is 0 Å². The van der Waals surface area contributed by atoms with Crippen LogP contribution < -0.4 is 5.32 Å². The van der Waals surface area contributed by atoms with Crippen LogP contribution in [-0.2, 0) is 6.42 Å². The monoisotopic (exact) mass is 298 g/mol. The van der Waals surface area contributed by atoms with Gasteiger partial charge in [-0.25, -0.2) is 0 Å². The quantitative estimate of drug-likeness (QED) is 0.869. The van der Waals surface area contributed by atoms with Gasteiger partial charge in [-0.2, -0.15) is 0 Å². The molecule has 1 rings (SSSR count). The lowest BCUT2D eigenvalue weighted by atomic mass is 10.0. The normalized spacial score (nSPS) is 12.1. The van der Waals surface area contributed by atoms with Crippen molar-refractivity contribution in [2.75, 3.05) is 27.2 Å². The van der Waals surface area contributed by atoms with Crippen LogP contribution in [0.4, 0.5) is 0 Å². The van der Waals surface area contributed by atoms with Crippen molar-refractivity contribution in [2.24, 2.45) is 0 Å². The predicted molar refractivity (Wildman–Crippen MR) is 78.5 cm³/mol.